The van der Waals surface area contributed by atoms with Crippen molar-refractivity contribution in [2.24, 2.45) is 23.7 Å². The molecule has 28 heavy (non-hydrogen) atoms. The standard InChI is InChI=1S/C21H35N3O4/c1-6-8-13-9-10-15-17(16(13)19(26)22-5)21(28)24(14(7-2)11-25)18(15)20(27)23-12(3)4/h9-10,12-18,25H,6-8,11H2,1-5H3,(H,22,26)(H,23,27)/t13-,14+,15+,16-,17-,18+/m1/s1. The molecule has 3 N–H and O–H groups in total. The molecule has 1 aliphatic heterocycles. The van der Waals surface area contributed by atoms with E-state index < -0.39 is 23.9 Å². The average molecular weight is 394 g/mol. The van der Waals surface area contributed by atoms with Gasteiger partial charge in [0.1, 0.15) is 6.04 Å². The van der Waals surface area contributed by atoms with E-state index in [1.807, 2.05) is 32.9 Å². The second-order valence-corrected chi connectivity index (χ2v) is 8.18. The second-order valence-electron chi connectivity index (χ2n) is 8.18. The first kappa shape index (κ1) is 22.4. The average Bonchev–Trinajstić information content (AvgIpc) is 2.95. The van der Waals surface area contributed by atoms with E-state index in [1.165, 1.54) is 0 Å². The highest BCUT2D eigenvalue weighted by Gasteiger charge is 2.58. The number of amides is 3. The number of nitrogens with zero attached hydrogens (tertiary/aromatic N) is 1. The molecule has 0 aromatic rings. The first-order valence-electron chi connectivity index (χ1n) is 10.5. The van der Waals surface area contributed by atoms with Crippen molar-refractivity contribution in [3.05, 3.63) is 12.2 Å². The van der Waals surface area contributed by atoms with Gasteiger partial charge in [-0.1, -0.05) is 32.4 Å². The molecular weight excluding hydrogens is 358 g/mol. The Labute approximate surface area is 167 Å². The Balaban J connectivity index is 2.52. The number of aliphatic hydroxyl groups is 1. The summed E-state index contributed by atoms with van der Waals surface area (Å²) in [5, 5.41) is 15.5. The van der Waals surface area contributed by atoms with Crippen molar-refractivity contribution in [2.75, 3.05) is 13.7 Å². The minimum Gasteiger partial charge on any atom is -0.394 e. The lowest BCUT2D eigenvalue weighted by atomic mass is 9.68. The maximum atomic E-state index is 13.5. The SMILES string of the molecule is CCC[C@@H]1C=C[C@H]2[C@@H](C(=O)N([C@@H](CC)CO)[C@@H]2C(=O)NC(C)C)[C@@H]1C(=O)NC. The van der Waals surface area contributed by atoms with Crippen LogP contribution < -0.4 is 10.6 Å². The summed E-state index contributed by atoms with van der Waals surface area (Å²) < 4.78 is 0. The molecule has 7 heteroatoms. The minimum absolute atomic E-state index is 0.0295. The lowest BCUT2D eigenvalue weighted by Gasteiger charge is -2.34. The molecule has 1 heterocycles. The monoisotopic (exact) mass is 393 g/mol. The van der Waals surface area contributed by atoms with Crippen LogP contribution in [-0.4, -0.2) is 59.5 Å². The van der Waals surface area contributed by atoms with Crippen molar-refractivity contribution >= 4 is 17.7 Å². The van der Waals surface area contributed by atoms with Crippen molar-refractivity contribution in [3.63, 3.8) is 0 Å². The van der Waals surface area contributed by atoms with Crippen molar-refractivity contribution in [1.82, 2.24) is 15.5 Å². The number of allylic oxidation sites excluding steroid dienone is 1. The molecule has 0 aromatic carbocycles. The molecular formula is C21H35N3O4. The smallest absolute Gasteiger partial charge is 0.243 e. The van der Waals surface area contributed by atoms with Gasteiger partial charge in [0, 0.05) is 19.0 Å². The molecule has 158 valence electrons. The van der Waals surface area contributed by atoms with Gasteiger partial charge in [-0.05, 0) is 32.6 Å². The van der Waals surface area contributed by atoms with Gasteiger partial charge in [-0.25, -0.2) is 0 Å². The summed E-state index contributed by atoms with van der Waals surface area (Å²) >= 11 is 0. The number of carbonyl (C=O) groups excluding carboxylic acids is 3. The Bertz CT molecular complexity index is 615. The van der Waals surface area contributed by atoms with Gasteiger partial charge < -0.3 is 20.6 Å². The molecule has 1 fully saturated rings. The summed E-state index contributed by atoms with van der Waals surface area (Å²) in [4.78, 5) is 40.8. The normalized spacial score (nSPS) is 30.3. The highest BCUT2D eigenvalue weighted by atomic mass is 16.3. The molecule has 7 nitrogen and oxygen atoms in total. The van der Waals surface area contributed by atoms with Crippen molar-refractivity contribution < 1.29 is 19.5 Å². The fourth-order valence-electron chi connectivity index (χ4n) is 4.76. The number of hydrogen-bond acceptors (Lipinski definition) is 4. The van der Waals surface area contributed by atoms with E-state index in [2.05, 4.69) is 17.6 Å². The van der Waals surface area contributed by atoms with E-state index in [4.69, 9.17) is 0 Å². The fraction of sp³-hybridized carbons (Fsp3) is 0.762. The van der Waals surface area contributed by atoms with Crippen LogP contribution in [0.1, 0.15) is 47.0 Å². The molecule has 0 bridgehead atoms. The van der Waals surface area contributed by atoms with Crippen LogP contribution in [0.2, 0.25) is 0 Å². The molecule has 1 saturated heterocycles. The summed E-state index contributed by atoms with van der Waals surface area (Å²) in [5.74, 6) is -2.06. The van der Waals surface area contributed by atoms with Crippen LogP contribution in [0.4, 0.5) is 0 Å². The van der Waals surface area contributed by atoms with Gasteiger partial charge in [-0.2, -0.15) is 0 Å². The molecule has 6 atom stereocenters. The largest absolute Gasteiger partial charge is 0.394 e. The molecule has 0 saturated carbocycles. The Morgan fingerprint density at radius 2 is 1.89 bits per heavy atom. The molecule has 1 aliphatic carbocycles. The maximum absolute atomic E-state index is 13.5. The summed E-state index contributed by atoms with van der Waals surface area (Å²) in [6.45, 7) is 7.49. The van der Waals surface area contributed by atoms with Crippen LogP contribution in [0, 0.1) is 23.7 Å². The summed E-state index contributed by atoms with van der Waals surface area (Å²) in [5.41, 5.74) is 0. The van der Waals surface area contributed by atoms with Gasteiger partial charge in [-0.3, -0.25) is 14.4 Å². The van der Waals surface area contributed by atoms with E-state index in [0.717, 1.165) is 12.8 Å². The predicted octanol–water partition coefficient (Wildman–Crippen LogP) is 1.07. The van der Waals surface area contributed by atoms with E-state index in [-0.39, 0.29) is 42.2 Å². The summed E-state index contributed by atoms with van der Waals surface area (Å²) in [7, 11) is 1.58. The lowest BCUT2D eigenvalue weighted by Crippen LogP contribution is -2.53. The number of likely N-dealkylation sites (tertiary alicyclic amines) is 1. The van der Waals surface area contributed by atoms with Crippen molar-refractivity contribution in [1.29, 1.82) is 0 Å². The number of carbonyl (C=O) groups is 3. The van der Waals surface area contributed by atoms with Gasteiger partial charge in [0.15, 0.2) is 0 Å². The zero-order valence-electron chi connectivity index (χ0n) is 17.6. The van der Waals surface area contributed by atoms with Gasteiger partial charge in [0.2, 0.25) is 17.7 Å². The third kappa shape index (κ3) is 4.09. The minimum atomic E-state index is -0.706. The molecule has 3 amide bonds. The predicted molar refractivity (Wildman–Crippen MR) is 107 cm³/mol. The van der Waals surface area contributed by atoms with Crippen LogP contribution in [0.5, 0.6) is 0 Å². The zero-order chi connectivity index (χ0) is 21.0. The van der Waals surface area contributed by atoms with Crippen LogP contribution >= 0.6 is 0 Å². The van der Waals surface area contributed by atoms with E-state index >= 15 is 0 Å². The number of hydrogen-bond donors (Lipinski definition) is 3. The quantitative estimate of drug-likeness (QED) is 0.537. The van der Waals surface area contributed by atoms with Gasteiger partial charge >= 0.3 is 0 Å². The molecule has 2 rings (SSSR count). The van der Waals surface area contributed by atoms with Gasteiger partial charge in [0.05, 0.1) is 24.5 Å². The third-order valence-corrected chi connectivity index (χ3v) is 5.99. The van der Waals surface area contributed by atoms with Crippen LogP contribution in [0.3, 0.4) is 0 Å². The zero-order valence-corrected chi connectivity index (χ0v) is 17.6. The molecule has 0 aromatic heterocycles. The van der Waals surface area contributed by atoms with E-state index in [0.29, 0.717) is 6.42 Å². The van der Waals surface area contributed by atoms with Crippen molar-refractivity contribution in [2.45, 2.75) is 65.1 Å². The van der Waals surface area contributed by atoms with Crippen LogP contribution in [-0.2, 0) is 14.4 Å². The molecule has 0 unspecified atom stereocenters. The highest BCUT2D eigenvalue weighted by molar-refractivity contribution is 5.97. The molecule has 0 spiro atoms. The maximum Gasteiger partial charge on any atom is 0.243 e. The van der Waals surface area contributed by atoms with Crippen LogP contribution in [0.25, 0.3) is 0 Å². The first-order chi connectivity index (χ1) is 13.3. The number of aliphatic hydroxyl groups excluding tert-OH is 1. The topological polar surface area (TPSA) is 98.7 Å². The highest BCUT2D eigenvalue weighted by Crippen LogP contribution is 2.46. The fourth-order valence-corrected chi connectivity index (χ4v) is 4.76. The Morgan fingerprint density at radius 1 is 1.21 bits per heavy atom. The number of fused-ring (bicyclic) bond motifs is 1. The number of nitrogens with one attached hydrogen (secondary N) is 2. The second kappa shape index (κ2) is 9.54. The third-order valence-electron chi connectivity index (χ3n) is 5.99. The summed E-state index contributed by atoms with van der Waals surface area (Å²) in [6.07, 6.45) is 6.22. The Morgan fingerprint density at radius 3 is 2.39 bits per heavy atom. The molecule has 0 radical (unpaired) electrons. The van der Waals surface area contributed by atoms with Crippen molar-refractivity contribution in [3.8, 4) is 0 Å². The van der Waals surface area contributed by atoms with Crippen LogP contribution in [0.15, 0.2) is 12.2 Å². The van der Waals surface area contributed by atoms with Gasteiger partial charge in [-0.15, -0.1) is 0 Å². The van der Waals surface area contributed by atoms with Gasteiger partial charge in [0.25, 0.3) is 0 Å². The van der Waals surface area contributed by atoms with E-state index in [9.17, 15) is 19.5 Å². The lowest BCUT2D eigenvalue weighted by molar-refractivity contribution is -0.143. The molecule has 2 aliphatic rings. The van der Waals surface area contributed by atoms with E-state index in [1.54, 1.807) is 11.9 Å². The summed E-state index contributed by atoms with van der Waals surface area (Å²) in [6, 6.07) is -1.21. The number of rotatable bonds is 8. The first-order valence-corrected chi connectivity index (χ1v) is 10.5. The Kier molecular flexibility index (Phi) is 7.63. The Hall–Kier alpha value is -1.89.